The van der Waals surface area contributed by atoms with Crippen molar-refractivity contribution in [2.75, 3.05) is 5.32 Å². The lowest BCUT2D eigenvalue weighted by Crippen LogP contribution is -2.38. The highest BCUT2D eigenvalue weighted by Crippen LogP contribution is 2.47. The smallest absolute Gasteiger partial charge is 0.168 e. The zero-order chi connectivity index (χ0) is 22.1. The fraction of sp³-hybridized carbons (Fsp3) is 0.630. The molecule has 1 aliphatic heterocycles. The molecular weight excluding hydrogens is 382 g/mol. The molecule has 4 nitrogen and oxygen atoms in total. The van der Waals surface area contributed by atoms with Gasteiger partial charge in [-0.2, -0.15) is 5.10 Å². The van der Waals surface area contributed by atoms with E-state index in [2.05, 4.69) is 68.4 Å². The Kier molecular flexibility index (Phi) is 6.27. The van der Waals surface area contributed by atoms with E-state index >= 15 is 0 Å². The van der Waals surface area contributed by atoms with Crippen LogP contribution in [0.5, 0.6) is 0 Å². The number of nitrogens with one attached hydrogen (secondary N) is 1. The van der Waals surface area contributed by atoms with E-state index in [4.69, 9.17) is 0 Å². The fourth-order valence-corrected chi connectivity index (χ4v) is 6.19. The number of hydrogen-bond acceptors (Lipinski definition) is 3. The number of carbonyl (C=O) groups excluding carboxylic acids is 1. The number of nitrogens with zero attached hydrogens (tertiary/aromatic N) is 2. The molecule has 2 aliphatic rings. The van der Waals surface area contributed by atoms with Crippen LogP contribution in [0.4, 0.5) is 5.82 Å². The van der Waals surface area contributed by atoms with Gasteiger partial charge in [-0.15, -0.1) is 0 Å². The molecule has 1 aromatic heterocycles. The molecule has 1 aliphatic carbocycles. The Labute approximate surface area is 187 Å². The minimum Gasteiger partial charge on any atom is -0.363 e. The molecule has 0 saturated heterocycles. The van der Waals surface area contributed by atoms with E-state index in [1.807, 2.05) is 10.9 Å². The van der Waals surface area contributed by atoms with Gasteiger partial charge in [-0.3, -0.25) is 4.79 Å². The molecule has 2 aromatic rings. The monoisotopic (exact) mass is 421 g/mol. The molecule has 2 heterocycles. The molecule has 1 N–H and O–H groups in total. The summed E-state index contributed by atoms with van der Waals surface area (Å²) >= 11 is 0. The number of carbonyl (C=O) groups is 1. The van der Waals surface area contributed by atoms with Crippen LogP contribution in [0, 0.1) is 11.3 Å². The number of ketones is 1. The highest BCUT2D eigenvalue weighted by atomic mass is 16.1. The fourth-order valence-electron chi connectivity index (χ4n) is 6.19. The summed E-state index contributed by atoms with van der Waals surface area (Å²) in [4.78, 5) is 13.7. The van der Waals surface area contributed by atoms with Crippen LogP contribution in [0.15, 0.2) is 36.5 Å². The van der Waals surface area contributed by atoms with Gasteiger partial charge in [-0.1, -0.05) is 63.4 Å². The van der Waals surface area contributed by atoms with Crippen molar-refractivity contribution in [1.82, 2.24) is 9.78 Å². The van der Waals surface area contributed by atoms with Crippen LogP contribution in [-0.4, -0.2) is 15.6 Å². The minimum absolute atomic E-state index is 0.120. The van der Waals surface area contributed by atoms with Crippen molar-refractivity contribution >= 4 is 11.6 Å². The lowest BCUT2D eigenvalue weighted by Gasteiger charge is -2.42. The lowest BCUT2D eigenvalue weighted by molar-refractivity contribution is 0.0682. The van der Waals surface area contributed by atoms with Gasteiger partial charge in [0, 0.05) is 6.42 Å². The summed E-state index contributed by atoms with van der Waals surface area (Å²) in [5.41, 5.74) is 2.01. The highest BCUT2D eigenvalue weighted by Gasteiger charge is 2.41. The second-order valence-electron chi connectivity index (χ2n) is 10.4. The maximum absolute atomic E-state index is 13.7. The first kappa shape index (κ1) is 22.1. The Morgan fingerprint density at radius 3 is 2.45 bits per heavy atom. The topological polar surface area (TPSA) is 46.9 Å². The molecule has 0 amide bonds. The minimum atomic E-state index is -0.143. The average molecular weight is 422 g/mol. The summed E-state index contributed by atoms with van der Waals surface area (Å²) in [6, 6.07) is 10.8. The Morgan fingerprint density at radius 2 is 1.81 bits per heavy atom. The molecule has 1 unspecified atom stereocenters. The number of rotatable bonds is 7. The standard InChI is InChI=1S/C27H39N3O/c1-5-27(6-2,21-15-11-8-12-16-21)18-24(31)22-19-28-30-25(22)29-23(17-26(30,3)4)20-13-9-7-10-14-20/h7,9-10,13-14,19,21,23,29H,5-6,8,11-12,15-18H2,1-4H3. The molecule has 1 fully saturated rings. The average Bonchev–Trinajstić information content (AvgIpc) is 3.24. The van der Waals surface area contributed by atoms with E-state index in [-0.39, 0.29) is 22.8 Å². The Bertz CT molecular complexity index is 888. The first-order valence-corrected chi connectivity index (χ1v) is 12.3. The lowest BCUT2D eigenvalue weighted by atomic mass is 9.63. The second kappa shape index (κ2) is 8.80. The molecule has 0 spiro atoms. The number of Topliss-reactive ketones (excluding diaryl/α,β-unsaturated/α-hetero) is 1. The predicted octanol–water partition coefficient (Wildman–Crippen LogP) is 7.13. The molecule has 168 valence electrons. The van der Waals surface area contributed by atoms with Crippen LogP contribution in [0.1, 0.15) is 107 Å². The third-order valence-electron chi connectivity index (χ3n) is 8.25. The zero-order valence-corrected chi connectivity index (χ0v) is 19.8. The van der Waals surface area contributed by atoms with E-state index in [1.54, 1.807) is 0 Å². The summed E-state index contributed by atoms with van der Waals surface area (Å²) in [6.07, 6.45) is 12.1. The van der Waals surface area contributed by atoms with Crippen LogP contribution in [0.2, 0.25) is 0 Å². The van der Waals surface area contributed by atoms with Gasteiger partial charge in [-0.05, 0) is 62.8 Å². The van der Waals surface area contributed by atoms with Crippen molar-refractivity contribution in [3.8, 4) is 0 Å². The Hall–Kier alpha value is -2.10. The van der Waals surface area contributed by atoms with E-state index in [0.717, 1.165) is 30.6 Å². The molecule has 1 atom stereocenters. The second-order valence-corrected chi connectivity index (χ2v) is 10.4. The maximum Gasteiger partial charge on any atom is 0.168 e. The van der Waals surface area contributed by atoms with E-state index in [0.29, 0.717) is 12.3 Å². The summed E-state index contributed by atoms with van der Waals surface area (Å²) in [5, 5.41) is 8.37. The molecule has 1 saturated carbocycles. The van der Waals surface area contributed by atoms with Crippen LogP contribution in [0.3, 0.4) is 0 Å². The summed E-state index contributed by atoms with van der Waals surface area (Å²) in [6.45, 7) is 9.01. The van der Waals surface area contributed by atoms with Crippen molar-refractivity contribution in [1.29, 1.82) is 0 Å². The first-order chi connectivity index (χ1) is 14.9. The van der Waals surface area contributed by atoms with Crippen molar-refractivity contribution in [3.63, 3.8) is 0 Å². The summed E-state index contributed by atoms with van der Waals surface area (Å²) in [5.74, 6) is 1.83. The molecule has 4 rings (SSSR count). The Balaban J connectivity index is 1.62. The number of hydrogen-bond donors (Lipinski definition) is 1. The van der Waals surface area contributed by atoms with E-state index in [1.165, 1.54) is 37.7 Å². The molecule has 1 aromatic carbocycles. The van der Waals surface area contributed by atoms with Gasteiger partial charge in [-0.25, -0.2) is 4.68 Å². The zero-order valence-electron chi connectivity index (χ0n) is 19.8. The van der Waals surface area contributed by atoms with Gasteiger partial charge in [0.05, 0.1) is 23.3 Å². The van der Waals surface area contributed by atoms with Crippen molar-refractivity contribution < 1.29 is 4.79 Å². The van der Waals surface area contributed by atoms with Crippen molar-refractivity contribution in [3.05, 3.63) is 47.7 Å². The summed E-state index contributed by atoms with van der Waals surface area (Å²) in [7, 11) is 0. The van der Waals surface area contributed by atoms with Crippen LogP contribution >= 0.6 is 0 Å². The van der Waals surface area contributed by atoms with E-state index in [9.17, 15) is 4.79 Å². The third kappa shape index (κ3) is 4.18. The van der Waals surface area contributed by atoms with Gasteiger partial charge >= 0.3 is 0 Å². The number of anilines is 1. The van der Waals surface area contributed by atoms with Crippen LogP contribution in [0.25, 0.3) is 0 Å². The van der Waals surface area contributed by atoms with Crippen molar-refractivity contribution in [2.24, 2.45) is 11.3 Å². The maximum atomic E-state index is 13.7. The molecule has 0 bridgehead atoms. The molecular formula is C27H39N3O. The number of aromatic nitrogens is 2. The predicted molar refractivity (Wildman–Crippen MR) is 128 cm³/mol. The van der Waals surface area contributed by atoms with Crippen LogP contribution < -0.4 is 5.32 Å². The SMILES string of the molecule is CCC(CC)(CC(=O)c1cnn2c1NC(c1ccccc1)CC2(C)C)C1CCCCC1. The number of fused-ring (bicyclic) bond motifs is 1. The van der Waals surface area contributed by atoms with Gasteiger partial charge in [0.25, 0.3) is 0 Å². The number of benzene rings is 1. The normalized spacial score (nSPS) is 21.4. The van der Waals surface area contributed by atoms with Gasteiger partial charge in [0.15, 0.2) is 5.78 Å². The Morgan fingerprint density at radius 1 is 1.13 bits per heavy atom. The van der Waals surface area contributed by atoms with Crippen molar-refractivity contribution in [2.45, 2.75) is 97.1 Å². The largest absolute Gasteiger partial charge is 0.363 e. The van der Waals surface area contributed by atoms with E-state index < -0.39 is 0 Å². The quantitative estimate of drug-likeness (QED) is 0.483. The first-order valence-electron chi connectivity index (χ1n) is 12.3. The van der Waals surface area contributed by atoms with Crippen LogP contribution in [-0.2, 0) is 5.54 Å². The third-order valence-corrected chi connectivity index (χ3v) is 8.25. The van der Waals surface area contributed by atoms with Gasteiger partial charge in [0.1, 0.15) is 5.82 Å². The van der Waals surface area contributed by atoms with Gasteiger partial charge < -0.3 is 5.32 Å². The van der Waals surface area contributed by atoms with Gasteiger partial charge in [0.2, 0.25) is 0 Å². The molecule has 31 heavy (non-hydrogen) atoms. The summed E-state index contributed by atoms with van der Waals surface area (Å²) < 4.78 is 2.04. The molecule has 4 heteroatoms. The highest BCUT2D eigenvalue weighted by molar-refractivity contribution is 6.01. The molecule has 0 radical (unpaired) electrons.